The van der Waals surface area contributed by atoms with Gasteiger partial charge in [-0.25, -0.2) is 22.0 Å². The van der Waals surface area contributed by atoms with Crippen molar-refractivity contribution in [3.63, 3.8) is 0 Å². The van der Waals surface area contributed by atoms with Crippen LogP contribution in [0.1, 0.15) is 38.5 Å². The van der Waals surface area contributed by atoms with Gasteiger partial charge < -0.3 is 0 Å². The van der Waals surface area contributed by atoms with Gasteiger partial charge in [0.05, 0.1) is 5.41 Å². The van der Waals surface area contributed by atoms with Crippen molar-refractivity contribution in [3.05, 3.63) is 29.1 Å². The van der Waals surface area contributed by atoms with Gasteiger partial charge in [-0.05, 0) is 56.3 Å². The van der Waals surface area contributed by atoms with Crippen molar-refractivity contribution >= 4 is 11.6 Å². The van der Waals surface area contributed by atoms with E-state index in [0.29, 0.717) is 37.0 Å². The van der Waals surface area contributed by atoms with E-state index in [9.17, 15) is 26.7 Å². The van der Waals surface area contributed by atoms with E-state index >= 15 is 0 Å². The quantitative estimate of drug-likeness (QED) is 0.370. The Hall–Kier alpha value is -1.86. The molecule has 5 rings (SSSR count). The molecule has 0 atom stereocenters. The first-order valence-electron chi connectivity index (χ1n) is 8.38. The predicted molar refractivity (Wildman–Crippen MR) is 78.6 cm³/mol. The third-order valence-corrected chi connectivity index (χ3v) is 6.03. The molecule has 8 heteroatoms. The Labute approximate surface area is 140 Å². The van der Waals surface area contributed by atoms with Gasteiger partial charge in [0.25, 0.3) is 0 Å². The largest absolute Gasteiger partial charge is 0.293 e. The summed E-state index contributed by atoms with van der Waals surface area (Å²) in [5, 5.41) is 0. The Bertz CT molecular complexity index is 687. The standard InChI is InChI=1S/C17H17F5N2O/c18-10-11(19)13(21)15(14(22)12(10)20)23-24-16(25)17-4-7-1-8(5-17)3-9(2-7)6-17/h7-9,23H,1-6H2,(H,24,25). The molecule has 1 aromatic rings. The van der Waals surface area contributed by atoms with E-state index in [4.69, 9.17) is 0 Å². The number of halogens is 5. The Morgan fingerprint density at radius 2 is 1.16 bits per heavy atom. The van der Waals surface area contributed by atoms with Gasteiger partial charge in [0.1, 0.15) is 5.69 Å². The Kier molecular flexibility index (Phi) is 3.70. The molecule has 4 aliphatic carbocycles. The molecule has 25 heavy (non-hydrogen) atoms. The van der Waals surface area contributed by atoms with Crippen LogP contribution in [0.4, 0.5) is 27.6 Å². The van der Waals surface area contributed by atoms with Crippen LogP contribution in [0.3, 0.4) is 0 Å². The number of nitrogens with one attached hydrogen (secondary N) is 2. The van der Waals surface area contributed by atoms with E-state index in [0.717, 1.165) is 19.3 Å². The lowest BCUT2D eigenvalue weighted by atomic mass is 9.49. The molecule has 4 saturated carbocycles. The number of carbonyl (C=O) groups is 1. The van der Waals surface area contributed by atoms with E-state index in [-0.39, 0.29) is 0 Å². The highest BCUT2D eigenvalue weighted by Gasteiger charge is 2.54. The first-order chi connectivity index (χ1) is 11.8. The normalized spacial score (nSPS) is 32.8. The molecule has 4 aliphatic rings. The summed E-state index contributed by atoms with van der Waals surface area (Å²) in [4.78, 5) is 12.6. The number of hydrogen-bond acceptors (Lipinski definition) is 2. The molecule has 4 bridgehead atoms. The third kappa shape index (κ3) is 2.48. The highest BCUT2D eigenvalue weighted by Crippen LogP contribution is 2.60. The van der Waals surface area contributed by atoms with Gasteiger partial charge in [-0.15, -0.1) is 0 Å². The summed E-state index contributed by atoms with van der Waals surface area (Å²) in [7, 11) is 0. The van der Waals surface area contributed by atoms with Crippen molar-refractivity contribution in [2.75, 3.05) is 5.43 Å². The van der Waals surface area contributed by atoms with Gasteiger partial charge in [-0.1, -0.05) is 0 Å². The van der Waals surface area contributed by atoms with Gasteiger partial charge in [0, 0.05) is 0 Å². The second-order valence-electron chi connectivity index (χ2n) is 7.72. The summed E-state index contributed by atoms with van der Waals surface area (Å²) in [5.74, 6) is -9.33. The Morgan fingerprint density at radius 1 is 0.760 bits per heavy atom. The molecule has 4 fully saturated rings. The maximum atomic E-state index is 13.7. The maximum absolute atomic E-state index is 13.7. The molecule has 0 radical (unpaired) electrons. The predicted octanol–water partition coefficient (Wildman–Crippen LogP) is 4.04. The zero-order valence-electron chi connectivity index (χ0n) is 13.3. The third-order valence-electron chi connectivity index (χ3n) is 6.03. The molecule has 0 aromatic heterocycles. The second-order valence-corrected chi connectivity index (χ2v) is 7.72. The minimum Gasteiger partial charge on any atom is -0.293 e. The van der Waals surface area contributed by atoms with E-state index in [1.807, 2.05) is 5.43 Å². The van der Waals surface area contributed by atoms with Crippen LogP contribution in [-0.4, -0.2) is 5.91 Å². The van der Waals surface area contributed by atoms with Crippen molar-refractivity contribution in [3.8, 4) is 0 Å². The second kappa shape index (κ2) is 5.57. The van der Waals surface area contributed by atoms with Crippen LogP contribution in [0.15, 0.2) is 0 Å². The fraction of sp³-hybridized carbons (Fsp3) is 0.588. The summed E-state index contributed by atoms with van der Waals surface area (Å²) in [6, 6.07) is 0. The van der Waals surface area contributed by atoms with Crippen LogP contribution in [-0.2, 0) is 4.79 Å². The van der Waals surface area contributed by atoms with Crippen molar-refractivity contribution in [1.82, 2.24) is 5.43 Å². The topological polar surface area (TPSA) is 41.1 Å². The monoisotopic (exact) mass is 360 g/mol. The average Bonchev–Trinajstić information content (AvgIpc) is 2.57. The fourth-order valence-corrected chi connectivity index (χ4v) is 5.36. The van der Waals surface area contributed by atoms with E-state index in [1.54, 1.807) is 0 Å². The molecule has 136 valence electrons. The smallest absolute Gasteiger partial charge is 0.244 e. The van der Waals surface area contributed by atoms with Crippen LogP contribution in [0.2, 0.25) is 0 Å². The lowest BCUT2D eigenvalue weighted by Crippen LogP contribution is -2.54. The van der Waals surface area contributed by atoms with Crippen molar-refractivity contribution in [1.29, 1.82) is 0 Å². The SMILES string of the molecule is O=C(NNc1c(F)c(F)c(F)c(F)c1F)C12CC3CC(CC(C3)C1)C2. The first kappa shape index (κ1) is 16.6. The highest BCUT2D eigenvalue weighted by molar-refractivity contribution is 5.84. The lowest BCUT2D eigenvalue weighted by molar-refractivity contribution is -0.145. The molecule has 0 unspecified atom stereocenters. The van der Waals surface area contributed by atoms with Crippen molar-refractivity contribution in [2.24, 2.45) is 23.2 Å². The van der Waals surface area contributed by atoms with Gasteiger partial charge in [0.2, 0.25) is 11.7 Å². The number of rotatable bonds is 3. The molecular formula is C17H17F5N2O. The number of carbonyl (C=O) groups excluding carboxylic acids is 1. The fourth-order valence-electron chi connectivity index (χ4n) is 5.36. The number of benzene rings is 1. The molecule has 2 N–H and O–H groups in total. The minimum absolute atomic E-state index is 0.435. The molecule has 0 aliphatic heterocycles. The minimum atomic E-state index is -2.23. The molecule has 3 nitrogen and oxygen atoms in total. The zero-order valence-corrected chi connectivity index (χ0v) is 13.3. The molecule has 1 amide bonds. The molecule has 1 aromatic carbocycles. The van der Waals surface area contributed by atoms with Crippen molar-refractivity contribution < 1.29 is 26.7 Å². The van der Waals surface area contributed by atoms with E-state index in [2.05, 4.69) is 5.43 Å². The molecule has 0 saturated heterocycles. The summed E-state index contributed by atoms with van der Waals surface area (Å²) >= 11 is 0. The maximum Gasteiger partial charge on any atom is 0.244 e. The van der Waals surface area contributed by atoms with E-state index in [1.165, 1.54) is 0 Å². The number of hydrazine groups is 1. The highest BCUT2D eigenvalue weighted by atomic mass is 19.2. The zero-order chi connectivity index (χ0) is 17.9. The van der Waals surface area contributed by atoms with Crippen LogP contribution in [0, 0.1) is 52.3 Å². The van der Waals surface area contributed by atoms with Gasteiger partial charge in [-0.2, -0.15) is 0 Å². The van der Waals surface area contributed by atoms with Gasteiger partial charge in [0.15, 0.2) is 23.3 Å². The average molecular weight is 360 g/mol. The molecule has 0 heterocycles. The number of amides is 1. The summed E-state index contributed by atoms with van der Waals surface area (Å²) in [6.07, 6.45) is 5.46. The lowest BCUT2D eigenvalue weighted by Gasteiger charge is -2.55. The van der Waals surface area contributed by atoms with Gasteiger partial charge in [-0.3, -0.25) is 15.6 Å². The summed E-state index contributed by atoms with van der Waals surface area (Å²) in [6.45, 7) is 0. The molecular weight excluding hydrogens is 343 g/mol. The molecule has 0 spiro atoms. The number of hydrogen-bond donors (Lipinski definition) is 2. The first-order valence-corrected chi connectivity index (χ1v) is 8.38. The Morgan fingerprint density at radius 3 is 1.60 bits per heavy atom. The Balaban J connectivity index is 1.54. The van der Waals surface area contributed by atoms with Crippen molar-refractivity contribution in [2.45, 2.75) is 38.5 Å². The van der Waals surface area contributed by atoms with Gasteiger partial charge >= 0.3 is 0 Å². The summed E-state index contributed by atoms with van der Waals surface area (Å²) < 4.78 is 66.9. The van der Waals surface area contributed by atoms with Crippen LogP contribution in [0.25, 0.3) is 0 Å². The van der Waals surface area contributed by atoms with E-state index < -0.39 is 46.1 Å². The van der Waals surface area contributed by atoms with Crippen LogP contribution >= 0.6 is 0 Å². The number of anilines is 1. The van der Waals surface area contributed by atoms with Crippen LogP contribution in [0.5, 0.6) is 0 Å². The summed E-state index contributed by atoms with van der Waals surface area (Å²) in [5.41, 5.74) is 2.26. The van der Waals surface area contributed by atoms with Crippen LogP contribution < -0.4 is 10.9 Å².